The van der Waals surface area contributed by atoms with Crippen molar-refractivity contribution in [2.24, 2.45) is 5.73 Å². The van der Waals surface area contributed by atoms with Gasteiger partial charge in [-0.25, -0.2) is 0 Å². The van der Waals surface area contributed by atoms with Gasteiger partial charge in [0.15, 0.2) is 0 Å². The quantitative estimate of drug-likeness (QED) is 0.658. The minimum absolute atomic E-state index is 0.193. The molecule has 0 radical (unpaired) electrons. The van der Waals surface area contributed by atoms with E-state index in [2.05, 4.69) is 51.9 Å². The van der Waals surface area contributed by atoms with Gasteiger partial charge in [0.1, 0.15) is 0 Å². The number of carbonyl (C=O) groups is 1. The summed E-state index contributed by atoms with van der Waals surface area (Å²) in [6.07, 6.45) is 0. The SMILES string of the molecule is C[Si](C)(C)C(N)(c1ccccc1C(=O)S)[Si](C)(C)C. The summed E-state index contributed by atoms with van der Waals surface area (Å²) in [5.41, 5.74) is 8.61. The molecule has 5 heteroatoms. The standard InChI is InChI=1S/C14H25NOSSi2/c1-18(2,3)14(15,19(4,5)6)12-10-8-7-9-11(12)13(16)17/h7-10H,15H2,1-6H3,(H,16,17). The summed E-state index contributed by atoms with van der Waals surface area (Å²) < 4.78 is 0. The van der Waals surface area contributed by atoms with Gasteiger partial charge >= 0.3 is 0 Å². The summed E-state index contributed by atoms with van der Waals surface area (Å²) >= 11 is 4.02. The third kappa shape index (κ3) is 2.89. The van der Waals surface area contributed by atoms with Crippen molar-refractivity contribution in [3.63, 3.8) is 0 Å². The van der Waals surface area contributed by atoms with Crippen molar-refractivity contribution in [3.8, 4) is 0 Å². The molecule has 1 rings (SSSR count). The van der Waals surface area contributed by atoms with Gasteiger partial charge in [-0.15, -0.1) is 12.6 Å². The Kier molecular flexibility index (Phi) is 4.57. The van der Waals surface area contributed by atoms with Crippen LogP contribution in [0.15, 0.2) is 24.3 Å². The lowest BCUT2D eigenvalue weighted by atomic mass is 10.1. The average Bonchev–Trinajstić information content (AvgIpc) is 2.24. The fourth-order valence-corrected chi connectivity index (χ4v) is 14.2. The number of hydrogen-bond donors (Lipinski definition) is 2. The topological polar surface area (TPSA) is 43.1 Å². The van der Waals surface area contributed by atoms with E-state index in [1.165, 1.54) is 0 Å². The molecule has 1 aromatic rings. The first-order valence-electron chi connectivity index (χ1n) is 6.54. The molecule has 2 N–H and O–H groups in total. The van der Waals surface area contributed by atoms with Crippen molar-refractivity contribution in [2.45, 2.75) is 44.1 Å². The lowest BCUT2D eigenvalue weighted by Gasteiger charge is -2.50. The predicted molar refractivity (Wildman–Crippen MR) is 92.3 cm³/mol. The van der Waals surface area contributed by atoms with E-state index in [-0.39, 0.29) is 9.90 Å². The summed E-state index contributed by atoms with van der Waals surface area (Å²) in [5.74, 6) is 0. The summed E-state index contributed by atoms with van der Waals surface area (Å²) in [4.78, 5) is 11.5. The molecule has 0 aliphatic carbocycles. The van der Waals surface area contributed by atoms with Gasteiger partial charge in [0.25, 0.3) is 0 Å². The van der Waals surface area contributed by atoms with E-state index >= 15 is 0 Å². The lowest BCUT2D eigenvalue weighted by Crippen LogP contribution is -2.69. The first kappa shape index (κ1) is 16.7. The Morgan fingerprint density at radius 2 is 1.47 bits per heavy atom. The number of rotatable bonds is 4. The Hall–Kier alpha value is -0.366. The zero-order chi connectivity index (χ0) is 15.1. The molecule has 0 aliphatic heterocycles. The zero-order valence-corrected chi connectivity index (χ0v) is 15.6. The van der Waals surface area contributed by atoms with E-state index in [0.29, 0.717) is 5.56 Å². The first-order valence-corrected chi connectivity index (χ1v) is 14.0. The molecule has 106 valence electrons. The molecule has 0 fully saturated rings. The van der Waals surface area contributed by atoms with Crippen molar-refractivity contribution in [1.29, 1.82) is 0 Å². The molecular formula is C14H25NOSSi2. The second-order valence-corrected chi connectivity index (χ2v) is 18.6. The van der Waals surface area contributed by atoms with E-state index in [9.17, 15) is 4.79 Å². The van der Waals surface area contributed by atoms with Crippen LogP contribution in [0.25, 0.3) is 0 Å². The van der Waals surface area contributed by atoms with Crippen LogP contribution in [0.2, 0.25) is 39.3 Å². The van der Waals surface area contributed by atoms with Gasteiger partial charge in [-0.2, -0.15) is 0 Å². The van der Waals surface area contributed by atoms with Gasteiger partial charge in [-0.1, -0.05) is 63.5 Å². The molecule has 1 aromatic carbocycles. The Labute approximate surface area is 124 Å². The number of hydrogen-bond acceptors (Lipinski definition) is 2. The summed E-state index contributed by atoms with van der Waals surface area (Å²) in [6.45, 7) is 13.7. The first-order chi connectivity index (χ1) is 8.43. The minimum atomic E-state index is -1.71. The molecule has 0 unspecified atom stereocenters. The highest BCUT2D eigenvalue weighted by atomic mass is 32.1. The van der Waals surface area contributed by atoms with E-state index < -0.39 is 16.1 Å². The molecule has 19 heavy (non-hydrogen) atoms. The molecule has 0 aromatic heterocycles. The zero-order valence-electron chi connectivity index (χ0n) is 12.7. The Balaban J connectivity index is 3.67. The van der Waals surface area contributed by atoms with Gasteiger partial charge in [-0.3, -0.25) is 4.79 Å². The highest BCUT2D eigenvalue weighted by Crippen LogP contribution is 2.39. The second kappa shape index (κ2) is 5.20. The van der Waals surface area contributed by atoms with Crippen LogP contribution in [0.3, 0.4) is 0 Å². The smallest absolute Gasteiger partial charge is 0.216 e. The molecule has 0 saturated carbocycles. The van der Waals surface area contributed by atoms with Gasteiger partial charge in [-0.05, 0) is 5.56 Å². The van der Waals surface area contributed by atoms with Crippen LogP contribution in [0.4, 0.5) is 0 Å². The van der Waals surface area contributed by atoms with Crippen molar-refractivity contribution in [1.82, 2.24) is 0 Å². The monoisotopic (exact) mass is 311 g/mol. The molecule has 0 aliphatic rings. The maximum absolute atomic E-state index is 11.8. The highest BCUT2D eigenvalue weighted by molar-refractivity contribution is 7.97. The van der Waals surface area contributed by atoms with Gasteiger partial charge in [0.05, 0.1) is 16.1 Å². The summed E-state index contributed by atoms with van der Waals surface area (Å²) in [5, 5.41) is -0.193. The van der Waals surface area contributed by atoms with Crippen molar-refractivity contribution < 1.29 is 4.79 Å². The Bertz CT molecular complexity index is 475. The number of nitrogens with two attached hydrogens (primary N) is 1. The third-order valence-electron chi connectivity index (χ3n) is 3.95. The van der Waals surface area contributed by atoms with E-state index in [1.54, 1.807) is 0 Å². The maximum atomic E-state index is 11.8. The lowest BCUT2D eigenvalue weighted by molar-refractivity contribution is 0.109. The Morgan fingerprint density at radius 3 is 1.84 bits per heavy atom. The molecule has 0 bridgehead atoms. The predicted octanol–water partition coefficient (Wildman–Crippen LogP) is 3.67. The van der Waals surface area contributed by atoms with Gasteiger partial charge in [0, 0.05) is 10.3 Å². The van der Waals surface area contributed by atoms with Crippen LogP contribution < -0.4 is 5.73 Å². The fourth-order valence-electron chi connectivity index (χ4n) is 2.95. The van der Waals surface area contributed by atoms with Crippen LogP contribution >= 0.6 is 12.6 Å². The minimum Gasteiger partial charge on any atom is -0.326 e. The normalized spacial score (nSPS) is 13.5. The summed E-state index contributed by atoms with van der Waals surface area (Å²) in [7, 11) is -3.42. The van der Waals surface area contributed by atoms with Crippen LogP contribution in [-0.2, 0) is 4.79 Å². The molecule has 0 saturated heterocycles. The van der Waals surface area contributed by atoms with E-state index in [1.807, 2.05) is 24.3 Å². The molecule has 2 nitrogen and oxygen atoms in total. The Morgan fingerprint density at radius 1 is 1.05 bits per heavy atom. The number of benzene rings is 1. The van der Waals surface area contributed by atoms with E-state index in [4.69, 9.17) is 5.73 Å². The van der Waals surface area contributed by atoms with Gasteiger partial charge < -0.3 is 5.73 Å². The van der Waals surface area contributed by atoms with Crippen LogP contribution in [0.5, 0.6) is 0 Å². The molecule has 0 amide bonds. The van der Waals surface area contributed by atoms with Crippen LogP contribution in [0.1, 0.15) is 15.9 Å². The highest BCUT2D eigenvalue weighted by Gasteiger charge is 2.51. The van der Waals surface area contributed by atoms with Gasteiger partial charge in [0.2, 0.25) is 5.12 Å². The van der Waals surface area contributed by atoms with Crippen molar-refractivity contribution in [3.05, 3.63) is 35.4 Å². The molecule has 0 heterocycles. The third-order valence-corrected chi connectivity index (χ3v) is 14.0. The largest absolute Gasteiger partial charge is 0.326 e. The number of thiol groups is 1. The van der Waals surface area contributed by atoms with E-state index in [0.717, 1.165) is 5.56 Å². The molecule has 0 spiro atoms. The van der Waals surface area contributed by atoms with Crippen LogP contribution in [0, 0.1) is 0 Å². The molecule has 0 atom stereocenters. The fraction of sp³-hybridized carbons (Fsp3) is 0.500. The van der Waals surface area contributed by atoms with Crippen molar-refractivity contribution in [2.75, 3.05) is 0 Å². The van der Waals surface area contributed by atoms with Crippen molar-refractivity contribution >= 4 is 33.9 Å². The number of carbonyl (C=O) groups excluding carboxylic acids is 1. The average molecular weight is 312 g/mol. The second-order valence-electron chi connectivity index (χ2n) is 7.16. The maximum Gasteiger partial charge on any atom is 0.216 e. The summed E-state index contributed by atoms with van der Waals surface area (Å²) in [6, 6.07) is 7.70. The molecular weight excluding hydrogens is 286 g/mol. The van der Waals surface area contributed by atoms with Crippen LogP contribution in [-0.4, -0.2) is 21.3 Å².